The number of anilines is 2. The number of benzene rings is 2. The second-order valence-corrected chi connectivity index (χ2v) is 6.82. The van der Waals surface area contributed by atoms with Crippen LogP contribution in [0.2, 0.25) is 0 Å². The molecule has 0 radical (unpaired) electrons. The van der Waals surface area contributed by atoms with E-state index < -0.39 is 23.6 Å². The summed E-state index contributed by atoms with van der Waals surface area (Å²) < 4.78 is 44.0. The Morgan fingerprint density at radius 3 is 2.59 bits per heavy atom. The third-order valence-electron chi connectivity index (χ3n) is 4.57. The van der Waals surface area contributed by atoms with Gasteiger partial charge >= 0.3 is 6.18 Å². The predicted octanol–water partition coefficient (Wildman–Crippen LogP) is 4.49. The van der Waals surface area contributed by atoms with Gasteiger partial charge in [-0.2, -0.15) is 13.2 Å². The zero-order valence-electron chi connectivity index (χ0n) is 15.8. The quantitative estimate of drug-likeness (QED) is 0.769. The highest BCUT2D eigenvalue weighted by Gasteiger charge is 2.35. The Hall–Kier alpha value is -3.03. The molecule has 2 aromatic rings. The molecule has 0 unspecified atom stereocenters. The number of halogens is 3. The van der Waals surface area contributed by atoms with E-state index in [1.54, 1.807) is 24.3 Å². The van der Waals surface area contributed by atoms with E-state index in [0.29, 0.717) is 18.0 Å². The summed E-state index contributed by atoms with van der Waals surface area (Å²) in [6.45, 7) is 2.76. The molecule has 1 saturated heterocycles. The van der Waals surface area contributed by atoms with Crippen LogP contribution < -0.4 is 15.0 Å². The molecule has 2 amide bonds. The lowest BCUT2D eigenvalue weighted by Gasteiger charge is -2.17. The largest absolute Gasteiger partial charge is 0.494 e. The Kier molecular flexibility index (Phi) is 6.10. The molecule has 0 spiro atoms. The standard InChI is InChI=1S/C21H21F3N2O3/c1-2-10-29-18-8-6-17(7-9-18)26-13-14(11-19(26)27)20(28)25-16-5-3-4-15(12-16)21(22,23)24/h3-9,12,14H,2,10-11,13H2,1H3,(H,25,28)/t14-/m0/s1. The van der Waals surface area contributed by atoms with Crippen LogP contribution in [0.5, 0.6) is 5.75 Å². The third-order valence-corrected chi connectivity index (χ3v) is 4.57. The Morgan fingerprint density at radius 1 is 1.21 bits per heavy atom. The molecule has 154 valence electrons. The summed E-state index contributed by atoms with van der Waals surface area (Å²) in [5, 5.41) is 2.48. The number of hydrogen-bond donors (Lipinski definition) is 1. The van der Waals surface area contributed by atoms with Crippen LogP contribution in [0.3, 0.4) is 0 Å². The number of nitrogens with one attached hydrogen (secondary N) is 1. The van der Waals surface area contributed by atoms with Crippen molar-refractivity contribution in [2.45, 2.75) is 25.9 Å². The highest BCUT2D eigenvalue weighted by atomic mass is 19.4. The lowest BCUT2D eigenvalue weighted by atomic mass is 10.1. The first-order chi connectivity index (χ1) is 13.8. The number of ether oxygens (including phenoxy) is 1. The summed E-state index contributed by atoms with van der Waals surface area (Å²) in [5.41, 5.74) is -0.147. The Balaban J connectivity index is 1.64. The first-order valence-electron chi connectivity index (χ1n) is 9.29. The van der Waals surface area contributed by atoms with Gasteiger partial charge in [0, 0.05) is 24.3 Å². The fraction of sp³-hybridized carbons (Fsp3) is 0.333. The Bertz CT molecular complexity index is 881. The van der Waals surface area contributed by atoms with Gasteiger partial charge in [0.25, 0.3) is 0 Å². The van der Waals surface area contributed by atoms with Gasteiger partial charge in [0.1, 0.15) is 5.75 Å². The van der Waals surface area contributed by atoms with Crippen LogP contribution in [0.4, 0.5) is 24.5 Å². The highest BCUT2D eigenvalue weighted by molar-refractivity contribution is 6.03. The van der Waals surface area contributed by atoms with Crippen molar-refractivity contribution < 1.29 is 27.5 Å². The molecule has 8 heteroatoms. The summed E-state index contributed by atoms with van der Waals surface area (Å²) >= 11 is 0. The summed E-state index contributed by atoms with van der Waals surface area (Å²) in [6, 6.07) is 11.4. The first kappa shape index (κ1) is 20.7. The number of amides is 2. The zero-order valence-corrected chi connectivity index (χ0v) is 15.8. The van der Waals surface area contributed by atoms with E-state index in [2.05, 4.69) is 5.32 Å². The molecule has 1 atom stereocenters. The van der Waals surface area contributed by atoms with Gasteiger partial charge in [-0.1, -0.05) is 13.0 Å². The minimum absolute atomic E-state index is 0.00111. The average molecular weight is 406 g/mol. The van der Waals surface area contributed by atoms with Crippen LogP contribution in [0, 0.1) is 5.92 Å². The van der Waals surface area contributed by atoms with E-state index >= 15 is 0 Å². The summed E-state index contributed by atoms with van der Waals surface area (Å²) in [4.78, 5) is 26.3. The van der Waals surface area contributed by atoms with Crippen molar-refractivity contribution >= 4 is 23.2 Å². The topological polar surface area (TPSA) is 58.6 Å². The Labute approximate surface area is 166 Å². The van der Waals surface area contributed by atoms with Crippen molar-refractivity contribution in [3.63, 3.8) is 0 Å². The van der Waals surface area contributed by atoms with Crippen molar-refractivity contribution in [1.82, 2.24) is 0 Å². The molecule has 0 saturated carbocycles. The van der Waals surface area contributed by atoms with E-state index in [1.165, 1.54) is 17.0 Å². The smallest absolute Gasteiger partial charge is 0.416 e. The van der Waals surface area contributed by atoms with Gasteiger partial charge in [-0.25, -0.2) is 0 Å². The van der Waals surface area contributed by atoms with Crippen LogP contribution in [-0.2, 0) is 15.8 Å². The van der Waals surface area contributed by atoms with Crippen LogP contribution in [0.15, 0.2) is 48.5 Å². The van der Waals surface area contributed by atoms with E-state index in [9.17, 15) is 22.8 Å². The minimum Gasteiger partial charge on any atom is -0.494 e. The molecular weight excluding hydrogens is 385 g/mol. The lowest BCUT2D eigenvalue weighted by Crippen LogP contribution is -2.28. The minimum atomic E-state index is -4.49. The van der Waals surface area contributed by atoms with E-state index in [4.69, 9.17) is 4.74 Å². The molecule has 0 aromatic heterocycles. The third kappa shape index (κ3) is 5.07. The monoisotopic (exact) mass is 406 g/mol. The highest BCUT2D eigenvalue weighted by Crippen LogP contribution is 2.31. The van der Waals surface area contributed by atoms with Crippen molar-refractivity contribution in [1.29, 1.82) is 0 Å². The van der Waals surface area contributed by atoms with Crippen molar-refractivity contribution in [3.8, 4) is 5.75 Å². The Morgan fingerprint density at radius 2 is 1.93 bits per heavy atom. The van der Waals surface area contributed by atoms with Crippen molar-refractivity contribution in [3.05, 3.63) is 54.1 Å². The van der Waals surface area contributed by atoms with Crippen LogP contribution in [0.1, 0.15) is 25.3 Å². The second kappa shape index (κ2) is 8.55. The van der Waals surface area contributed by atoms with Crippen LogP contribution in [-0.4, -0.2) is 25.0 Å². The molecule has 2 aromatic carbocycles. The molecule has 1 fully saturated rings. The average Bonchev–Trinajstić information content (AvgIpc) is 3.08. The van der Waals surface area contributed by atoms with Crippen molar-refractivity contribution in [2.75, 3.05) is 23.4 Å². The summed E-state index contributed by atoms with van der Waals surface area (Å²) in [5.74, 6) is -0.645. The van der Waals surface area contributed by atoms with Gasteiger partial charge in [-0.15, -0.1) is 0 Å². The number of alkyl halides is 3. The molecule has 1 aliphatic rings. The maximum Gasteiger partial charge on any atom is 0.416 e. The fourth-order valence-electron chi connectivity index (χ4n) is 3.09. The molecule has 0 aliphatic carbocycles. The number of nitrogens with zero attached hydrogens (tertiary/aromatic N) is 1. The van der Waals surface area contributed by atoms with Gasteiger partial charge < -0.3 is 15.0 Å². The molecule has 1 N–H and O–H groups in total. The molecule has 3 rings (SSSR count). The van der Waals surface area contributed by atoms with Gasteiger partial charge in [0.15, 0.2) is 0 Å². The van der Waals surface area contributed by atoms with Gasteiger partial charge in [0.2, 0.25) is 11.8 Å². The zero-order chi connectivity index (χ0) is 21.0. The second-order valence-electron chi connectivity index (χ2n) is 6.82. The number of rotatable bonds is 6. The number of carbonyl (C=O) groups excluding carboxylic acids is 2. The summed E-state index contributed by atoms with van der Waals surface area (Å²) in [7, 11) is 0. The molecular formula is C21H21F3N2O3. The van der Waals surface area contributed by atoms with Gasteiger partial charge in [0.05, 0.1) is 18.1 Å². The van der Waals surface area contributed by atoms with E-state index in [-0.39, 0.29) is 24.6 Å². The lowest BCUT2D eigenvalue weighted by molar-refractivity contribution is -0.137. The maximum absolute atomic E-state index is 12.8. The maximum atomic E-state index is 12.8. The van der Waals surface area contributed by atoms with Gasteiger partial charge in [-0.05, 0) is 48.9 Å². The summed E-state index contributed by atoms with van der Waals surface area (Å²) in [6.07, 6.45) is -3.61. The molecule has 29 heavy (non-hydrogen) atoms. The van der Waals surface area contributed by atoms with Crippen LogP contribution >= 0.6 is 0 Å². The number of carbonyl (C=O) groups is 2. The SMILES string of the molecule is CCCOc1ccc(N2C[C@@H](C(=O)Nc3cccc(C(F)(F)F)c3)CC2=O)cc1. The fourth-order valence-corrected chi connectivity index (χ4v) is 3.09. The van der Waals surface area contributed by atoms with E-state index in [0.717, 1.165) is 18.6 Å². The molecule has 1 heterocycles. The molecule has 0 bridgehead atoms. The number of hydrogen-bond acceptors (Lipinski definition) is 3. The predicted molar refractivity (Wildman–Crippen MR) is 103 cm³/mol. The van der Waals surface area contributed by atoms with E-state index in [1.807, 2.05) is 6.92 Å². The molecule has 5 nitrogen and oxygen atoms in total. The van der Waals surface area contributed by atoms with Gasteiger partial charge in [-0.3, -0.25) is 9.59 Å². The first-order valence-corrected chi connectivity index (χ1v) is 9.29. The molecule has 1 aliphatic heterocycles. The van der Waals surface area contributed by atoms with Crippen LogP contribution in [0.25, 0.3) is 0 Å². The normalized spacial score (nSPS) is 16.8. The van der Waals surface area contributed by atoms with Crippen molar-refractivity contribution in [2.24, 2.45) is 5.92 Å².